The van der Waals surface area contributed by atoms with E-state index in [1.165, 1.54) is 18.1 Å². The highest BCUT2D eigenvalue weighted by molar-refractivity contribution is 8.00. The Balaban J connectivity index is 1.50. The molecule has 6 nitrogen and oxygen atoms in total. The summed E-state index contributed by atoms with van der Waals surface area (Å²) in [6.07, 6.45) is 6.29. The quantitative estimate of drug-likeness (QED) is 0.556. The lowest BCUT2D eigenvalue weighted by molar-refractivity contribution is -0.132. The normalized spacial score (nSPS) is 22.8. The average molecular weight is 412 g/mol. The Bertz CT molecular complexity index is 906. The molecule has 4 rings (SSSR count). The predicted molar refractivity (Wildman–Crippen MR) is 104 cm³/mol. The lowest BCUT2D eigenvalue weighted by Crippen LogP contribution is -2.47. The van der Waals surface area contributed by atoms with Crippen molar-refractivity contribution in [2.75, 3.05) is 17.3 Å². The number of nitrogens with zero attached hydrogens (tertiary/aromatic N) is 3. The Morgan fingerprint density at radius 1 is 1.23 bits per heavy atom. The molecule has 0 N–H and O–H groups in total. The van der Waals surface area contributed by atoms with Gasteiger partial charge in [-0.15, -0.1) is 11.3 Å². The van der Waals surface area contributed by atoms with Crippen molar-refractivity contribution in [2.24, 2.45) is 0 Å². The number of sulfone groups is 1. The van der Waals surface area contributed by atoms with Crippen molar-refractivity contribution in [3.05, 3.63) is 17.8 Å². The van der Waals surface area contributed by atoms with E-state index in [0.29, 0.717) is 6.42 Å². The van der Waals surface area contributed by atoms with Crippen molar-refractivity contribution < 1.29 is 13.2 Å². The van der Waals surface area contributed by atoms with Crippen molar-refractivity contribution in [3.8, 4) is 0 Å². The van der Waals surface area contributed by atoms with E-state index in [4.69, 9.17) is 0 Å². The maximum atomic E-state index is 13.0. The molecule has 1 atom stereocenters. The van der Waals surface area contributed by atoms with Gasteiger partial charge in [-0.25, -0.2) is 18.4 Å². The zero-order valence-corrected chi connectivity index (χ0v) is 16.8. The standard InChI is InChI=1S/C17H21N3O3S3/c21-15(9-25-17-14-5-7-24-16(14)18-11-19-17)20(12-3-1-2-4-12)13-6-8-26(22,23)10-13/h5,7,11-13H,1-4,6,8-10H2. The van der Waals surface area contributed by atoms with Crippen LogP contribution in [0.5, 0.6) is 0 Å². The van der Waals surface area contributed by atoms with Crippen LogP contribution < -0.4 is 0 Å². The first-order valence-corrected chi connectivity index (χ1v) is 12.5. The van der Waals surface area contributed by atoms with E-state index in [1.54, 1.807) is 11.3 Å². The minimum atomic E-state index is -3.01. The number of rotatable bonds is 5. The monoisotopic (exact) mass is 411 g/mol. The molecule has 2 aliphatic rings. The summed E-state index contributed by atoms with van der Waals surface area (Å²) in [7, 11) is -3.01. The number of aromatic nitrogens is 2. The molecule has 1 aliphatic carbocycles. The molecule has 2 aromatic rings. The number of thiophene rings is 1. The molecule has 2 aromatic heterocycles. The highest BCUT2D eigenvalue weighted by Gasteiger charge is 2.38. The molecule has 1 saturated carbocycles. The van der Waals surface area contributed by atoms with E-state index < -0.39 is 9.84 Å². The number of thioether (sulfide) groups is 1. The highest BCUT2D eigenvalue weighted by Crippen LogP contribution is 2.32. The number of carbonyl (C=O) groups excluding carboxylic acids is 1. The summed E-state index contributed by atoms with van der Waals surface area (Å²) in [6, 6.07) is 2.00. The minimum Gasteiger partial charge on any atom is -0.335 e. The molecule has 1 unspecified atom stereocenters. The fourth-order valence-corrected chi connectivity index (χ4v) is 7.33. The lowest BCUT2D eigenvalue weighted by atomic mass is 10.1. The molecule has 2 fully saturated rings. The van der Waals surface area contributed by atoms with Gasteiger partial charge in [0.1, 0.15) is 16.2 Å². The number of carbonyl (C=O) groups is 1. The maximum absolute atomic E-state index is 13.0. The van der Waals surface area contributed by atoms with E-state index in [9.17, 15) is 13.2 Å². The van der Waals surface area contributed by atoms with Crippen LogP contribution in [0.4, 0.5) is 0 Å². The molecule has 0 bridgehead atoms. The molecule has 1 saturated heterocycles. The Morgan fingerprint density at radius 2 is 2.04 bits per heavy atom. The molecule has 1 aliphatic heterocycles. The van der Waals surface area contributed by atoms with Gasteiger partial charge >= 0.3 is 0 Å². The van der Waals surface area contributed by atoms with Gasteiger partial charge < -0.3 is 4.90 Å². The van der Waals surface area contributed by atoms with Crippen molar-refractivity contribution in [1.29, 1.82) is 0 Å². The second-order valence-electron chi connectivity index (χ2n) is 6.90. The Labute approximate surface area is 161 Å². The van der Waals surface area contributed by atoms with Gasteiger partial charge in [-0.3, -0.25) is 4.79 Å². The summed E-state index contributed by atoms with van der Waals surface area (Å²) in [5.74, 6) is 0.630. The lowest BCUT2D eigenvalue weighted by Gasteiger charge is -2.34. The molecular weight excluding hydrogens is 390 g/mol. The summed E-state index contributed by atoms with van der Waals surface area (Å²) in [4.78, 5) is 24.4. The first-order valence-electron chi connectivity index (χ1n) is 8.86. The van der Waals surface area contributed by atoms with Gasteiger partial charge in [0.25, 0.3) is 0 Å². The summed E-state index contributed by atoms with van der Waals surface area (Å²) in [5.41, 5.74) is 0. The average Bonchev–Trinajstić information content (AvgIpc) is 3.34. The first kappa shape index (κ1) is 18.2. The fourth-order valence-electron chi connectivity index (χ4n) is 3.97. The number of amides is 1. The summed E-state index contributed by atoms with van der Waals surface area (Å²) >= 11 is 2.98. The molecule has 9 heteroatoms. The maximum Gasteiger partial charge on any atom is 0.233 e. The summed E-state index contributed by atoms with van der Waals surface area (Å²) in [6.45, 7) is 0. The summed E-state index contributed by atoms with van der Waals surface area (Å²) in [5, 5.41) is 3.76. The number of fused-ring (bicyclic) bond motifs is 1. The zero-order chi connectivity index (χ0) is 18.1. The van der Waals surface area contributed by atoms with Gasteiger partial charge in [-0.1, -0.05) is 24.6 Å². The molecule has 0 aromatic carbocycles. The topological polar surface area (TPSA) is 80.2 Å². The molecule has 3 heterocycles. The third-order valence-electron chi connectivity index (χ3n) is 5.17. The van der Waals surface area contributed by atoms with Crippen LogP contribution in [0.25, 0.3) is 10.2 Å². The van der Waals surface area contributed by atoms with E-state index in [1.807, 2.05) is 16.3 Å². The number of hydrogen-bond acceptors (Lipinski definition) is 7. The zero-order valence-electron chi connectivity index (χ0n) is 14.3. The van der Waals surface area contributed by atoms with Gasteiger partial charge in [0, 0.05) is 17.5 Å². The molecule has 0 spiro atoms. The van der Waals surface area contributed by atoms with Crippen molar-refractivity contribution in [2.45, 2.75) is 49.2 Å². The van der Waals surface area contributed by atoms with Crippen molar-refractivity contribution in [1.82, 2.24) is 14.9 Å². The van der Waals surface area contributed by atoms with Crippen molar-refractivity contribution in [3.63, 3.8) is 0 Å². The van der Waals surface area contributed by atoms with E-state index in [2.05, 4.69) is 9.97 Å². The van der Waals surface area contributed by atoms with Gasteiger partial charge in [-0.2, -0.15) is 0 Å². The van der Waals surface area contributed by atoms with Crippen LogP contribution in [0.3, 0.4) is 0 Å². The summed E-state index contributed by atoms with van der Waals surface area (Å²) < 4.78 is 23.8. The smallest absolute Gasteiger partial charge is 0.233 e. The van der Waals surface area contributed by atoms with Crippen LogP contribution >= 0.6 is 23.1 Å². The Hall–Kier alpha value is -1.19. The van der Waals surface area contributed by atoms with Gasteiger partial charge in [-0.05, 0) is 30.7 Å². The van der Waals surface area contributed by atoms with Gasteiger partial charge in [0.15, 0.2) is 9.84 Å². The van der Waals surface area contributed by atoms with Gasteiger partial charge in [0.05, 0.1) is 17.3 Å². The predicted octanol–water partition coefficient (Wildman–Crippen LogP) is 2.74. The van der Waals surface area contributed by atoms with Crippen molar-refractivity contribution >= 4 is 49.1 Å². The molecule has 140 valence electrons. The molecule has 0 radical (unpaired) electrons. The Morgan fingerprint density at radius 3 is 2.77 bits per heavy atom. The van der Waals surface area contributed by atoms with E-state index in [0.717, 1.165) is 40.9 Å². The second kappa shape index (κ2) is 7.44. The van der Waals surface area contributed by atoms with Crippen LogP contribution in [0, 0.1) is 0 Å². The highest BCUT2D eigenvalue weighted by atomic mass is 32.2. The SMILES string of the molecule is O=C(CSc1ncnc2sccc12)N(C1CCCC1)C1CCS(=O)(=O)C1. The van der Waals surface area contributed by atoms with E-state index in [-0.39, 0.29) is 35.2 Å². The van der Waals surface area contributed by atoms with Crippen LogP contribution in [0.2, 0.25) is 0 Å². The fraction of sp³-hybridized carbons (Fsp3) is 0.588. The first-order chi connectivity index (χ1) is 12.5. The largest absolute Gasteiger partial charge is 0.335 e. The molecule has 26 heavy (non-hydrogen) atoms. The van der Waals surface area contributed by atoms with E-state index >= 15 is 0 Å². The van der Waals surface area contributed by atoms with Crippen LogP contribution in [0.1, 0.15) is 32.1 Å². The third-order valence-corrected chi connectivity index (χ3v) is 8.73. The molecular formula is C17H21N3O3S3. The Kier molecular flexibility index (Phi) is 5.20. The minimum absolute atomic E-state index is 0.0333. The van der Waals surface area contributed by atoms with Gasteiger partial charge in [0.2, 0.25) is 5.91 Å². The van der Waals surface area contributed by atoms with Crippen LogP contribution in [-0.2, 0) is 14.6 Å². The third kappa shape index (κ3) is 3.75. The number of hydrogen-bond donors (Lipinski definition) is 0. The van der Waals surface area contributed by atoms with Crippen LogP contribution in [0.15, 0.2) is 22.8 Å². The van der Waals surface area contributed by atoms with Crippen LogP contribution in [-0.4, -0.2) is 58.5 Å². The second-order valence-corrected chi connectivity index (χ2v) is 11.0. The molecule has 1 amide bonds.